The Hall–Kier alpha value is -3.56. The van der Waals surface area contributed by atoms with Gasteiger partial charge in [-0.05, 0) is 35.4 Å². The minimum Gasteiger partial charge on any atom is -0.378 e. The number of hydrogen-bond donors (Lipinski definition) is 2. The van der Waals surface area contributed by atoms with Crippen molar-refractivity contribution in [3.63, 3.8) is 0 Å². The van der Waals surface area contributed by atoms with Gasteiger partial charge in [0.1, 0.15) is 0 Å². The minimum atomic E-state index is -4.45. The molecule has 10 heteroatoms. The highest BCUT2D eigenvalue weighted by molar-refractivity contribution is 6.19. The molecule has 0 amide bonds. The van der Waals surface area contributed by atoms with Crippen molar-refractivity contribution in [2.45, 2.75) is 25.4 Å². The third kappa shape index (κ3) is 5.77. The highest BCUT2D eigenvalue weighted by Crippen LogP contribution is 2.30. The third-order valence-electron chi connectivity index (χ3n) is 4.61. The summed E-state index contributed by atoms with van der Waals surface area (Å²) in [7, 11) is 0. The molecule has 0 spiro atoms. The first-order chi connectivity index (χ1) is 14.9. The zero-order valence-corrected chi connectivity index (χ0v) is 16.3. The second kappa shape index (κ2) is 8.89. The molecular weight excluding hydrogens is 438 g/mol. The Morgan fingerprint density at radius 2 is 0.875 bits per heavy atom. The van der Waals surface area contributed by atoms with E-state index in [0.717, 1.165) is 36.4 Å². The summed E-state index contributed by atoms with van der Waals surface area (Å²) in [5, 5.41) is 5.44. The first-order valence-corrected chi connectivity index (χ1v) is 9.25. The first-order valence-electron chi connectivity index (χ1n) is 9.25. The van der Waals surface area contributed by atoms with Gasteiger partial charge in [0.05, 0.1) is 22.5 Å². The monoisotopic (exact) mass is 454 g/mol. The lowest BCUT2D eigenvalue weighted by Crippen LogP contribution is -2.29. The zero-order valence-electron chi connectivity index (χ0n) is 16.3. The van der Waals surface area contributed by atoms with E-state index >= 15 is 0 Å². The van der Waals surface area contributed by atoms with Gasteiger partial charge >= 0.3 is 12.4 Å². The van der Waals surface area contributed by atoms with Gasteiger partial charge in [-0.3, -0.25) is 9.59 Å². The fourth-order valence-electron chi connectivity index (χ4n) is 2.85. The molecule has 1 aliphatic rings. The molecule has 0 aliphatic heterocycles. The van der Waals surface area contributed by atoms with Gasteiger partial charge in [-0.1, -0.05) is 24.3 Å². The molecule has 32 heavy (non-hydrogen) atoms. The molecule has 0 saturated heterocycles. The van der Waals surface area contributed by atoms with Crippen molar-refractivity contribution < 1.29 is 35.9 Å². The number of halogens is 6. The number of ketones is 2. The summed E-state index contributed by atoms with van der Waals surface area (Å²) in [4.78, 5) is 24.5. The number of carbonyl (C=O) groups is 2. The molecule has 0 unspecified atom stereocenters. The summed E-state index contributed by atoms with van der Waals surface area (Å²) in [6.07, 6.45) is -6.79. The average molecular weight is 454 g/mol. The number of hydrogen-bond acceptors (Lipinski definition) is 4. The predicted octanol–water partition coefficient (Wildman–Crippen LogP) is 4.52. The van der Waals surface area contributed by atoms with E-state index in [2.05, 4.69) is 10.6 Å². The predicted molar refractivity (Wildman–Crippen MR) is 103 cm³/mol. The van der Waals surface area contributed by atoms with Crippen LogP contribution < -0.4 is 10.6 Å². The fraction of sp³-hybridized carbons (Fsp3) is 0.182. The molecule has 168 valence electrons. The smallest absolute Gasteiger partial charge is 0.378 e. The van der Waals surface area contributed by atoms with Crippen molar-refractivity contribution in [1.29, 1.82) is 0 Å². The SMILES string of the molecule is O=C1C=C(NCc2ccc(C(F)(F)F)cc2)C(=O)C=C1NCc1ccc(C(F)(F)F)cc1. The van der Waals surface area contributed by atoms with Crippen molar-refractivity contribution in [2.75, 3.05) is 0 Å². The topological polar surface area (TPSA) is 58.2 Å². The van der Waals surface area contributed by atoms with Crippen LogP contribution in [-0.2, 0) is 35.0 Å². The van der Waals surface area contributed by atoms with Gasteiger partial charge in [0.2, 0.25) is 11.6 Å². The summed E-state index contributed by atoms with van der Waals surface area (Å²) in [6.45, 7) is 0.0658. The Labute approximate surface area is 178 Å². The maximum Gasteiger partial charge on any atom is 0.416 e. The van der Waals surface area contributed by atoms with E-state index in [4.69, 9.17) is 0 Å². The molecule has 0 bridgehead atoms. The van der Waals surface area contributed by atoms with Crippen molar-refractivity contribution in [3.8, 4) is 0 Å². The molecule has 0 heterocycles. The van der Waals surface area contributed by atoms with Crippen LogP contribution in [-0.4, -0.2) is 11.6 Å². The van der Waals surface area contributed by atoms with Crippen LogP contribution in [0.3, 0.4) is 0 Å². The number of benzene rings is 2. The van der Waals surface area contributed by atoms with Crippen molar-refractivity contribution in [3.05, 3.63) is 94.3 Å². The van der Waals surface area contributed by atoms with Crippen LogP contribution >= 0.6 is 0 Å². The maximum atomic E-state index is 12.6. The van der Waals surface area contributed by atoms with Crippen LogP contribution in [0.15, 0.2) is 72.1 Å². The standard InChI is InChI=1S/C22H16F6N2O2/c23-21(24,25)15-5-1-13(2-6-15)11-29-17-9-20(32)18(10-19(17)31)30-12-14-3-7-16(8-4-14)22(26,27)28/h1-10,29-30H,11-12H2. The molecule has 0 saturated carbocycles. The van der Waals surface area contributed by atoms with Gasteiger partial charge in [-0.15, -0.1) is 0 Å². The highest BCUT2D eigenvalue weighted by Gasteiger charge is 2.30. The molecule has 0 aromatic heterocycles. The molecule has 0 atom stereocenters. The zero-order chi connectivity index (χ0) is 23.5. The highest BCUT2D eigenvalue weighted by atomic mass is 19.4. The lowest BCUT2D eigenvalue weighted by atomic mass is 10.0. The molecule has 2 aromatic carbocycles. The fourth-order valence-corrected chi connectivity index (χ4v) is 2.85. The summed E-state index contributed by atoms with van der Waals surface area (Å²) < 4.78 is 75.6. The van der Waals surface area contributed by atoms with E-state index in [0.29, 0.717) is 11.1 Å². The number of allylic oxidation sites excluding steroid dienone is 2. The summed E-state index contributed by atoms with van der Waals surface area (Å²) in [5.74, 6) is -1.04. The molecule has 4 nitrogen and oxygen atoms in total. The van der Waals surface area contributed by atoms with E-state index in [-0.39, 0.29) is 24.5 Å². The van der Waals surface area contributed by atoms with Crippen LogP contribution in [0, 0.1) is 0 Å². The van der Waals surface area contributed by atoms with E-state index in [1.54, 1.807) is 0 Å². The van der Waals surface area contributed by atoms with Gasteiger partial charge in [0.25, 0.3) is 0 Å². The van der Waals surface area contributed by atoms with Crippen molar-refractivity contribution in [1.82, 2.24) is 10.6 Å². The Bertz CT molecular complexity index is 978. The average Bonchev–Trinajstić information content (AvgIpc) is 2.72. The van der Waals surface area contributed by atoms with Crippen molar-refractivity contribution >= 4 is 11.6 Å². The largest absolute Gasteiger partial charge is 0.416 e. The number of carbonyl (C=O) groups excluding carboxylic acids is 2. The van der Waals surface area contributed by atoms with E-state index in [1.807, 2.05) is 0 Å². The van der Waals surface area contributed by atoms with Crippen LogP contribution in [0.25, 0.3) is 0 Å². The molecule has 1 aliphatic carbocycles. The van der Waals surface area contributed by atoms with Gasteiger partial charge < -0.3 is 10.6 Å². The molecule has 0 radical (unpaired) electrons. The van der Waals surface area contributed by atoms with Gasteiger partial charge in [-0.2, -0.15) is 26.3 Å². The lowest BCUT2D eigenvalue weighted by molar-refractivity contribution is -0.138. The van der Waals surface area contributed by atoms with Gasteiger partial charge in [0, 0.05) is 25.2 Å². The van der Waals surface area contributed by atoms with Crippen molar-refractivity contribution in [2.24, 2.45) is 0 Å². The second-order valence-electron chi connectivity index (χ2n) is 6.94. The molecular formula is C22H16F6N2O2. The molecule has 2 aromatic rings. The van der Waals surface area contributed by atoms with Crippen LogP contribution in [0.2, 0.25) is 0 Å². The summed E-state index contributed by atoms with van der Waals surface area (Å²) in [6, 6.07) is 8.73. The van der Waals surface area contributed by atoms with E-state index < -0.39 is 35.0 Å². The molecule has 3 rings (SSSR count). The normalized spacial score (nSPS) is 14.7. The number of alkyl halides is 6. The lowest BCUT2D eigenvalue weighted by Gasteiger charge is -2.16. The number of nitrogens with one attached hydrogen (secondary N) is 2. The number of rotatable bonds is 6. The van der Waals surface area contributed by atoms with Crippen LogP contribution in [0.1, 0.15) is 22.3 Å². The summed E-state index contributed by atoms with van der Waals surface area (Å²) in [5.41, 5.74) is -0.666. The maximum absolute atomic E-state index is 12.6. The third-order valence-corrected chi connectivity index (χ3v) is 4.61. The Balaban J connectivity index is 1.56. The quantitative estimate of drug-likeness (QED) is 0.498. The van der Waals surface area contributed by atoms with E-state index in [1.165, 1.54) is 24.3 Å². The Kier molecular flexibility index (Phi) is 6.42. The minimum absolute atomic E-state index is 0.0185. The molecule has 2 N–H and O–H groups in total. The van der Waals surface area contributed by atoms with E-state index in [9.17, 15) is 35.9 Å². The summed E-state index contributed by atoms with van der Waals surface area (Å²) >= 11 is 0. The van der Waals surface area contributed by atoms with Gasteiger partial charge in [0.15, 0.2) is 0 Å². The van der Waals surface area contributed by atoms with Gasteiger partial charge in [-0.25, -0.2) is 0 Å². The Morgan fingerprint density at radius 1 is 0.562 bits per heavy atom. The molecule has 0 fully saturated rings. The van der Waals surface area contributed by atoms with Crippen LogP contribution in [0.5, 0.6) is 0 Å². The first kappa shape index (κ1) is 23.1. The second-order valence-corrected chi connectivity index (χ2v) is 6.94. The Morgan fingerprint density at radius 3 is 1.16 bits per heavy atom. The van der Waals surface area contributed by atoms with Crippen LogP contribution in [0.4, 0.5) is 26.3 Å².